The predicted octanol–water partition coefficient (Wildman–Crippen LogP) is 4.60. The number of benzene rings is 2. The number of hydrogen-bond donors (Lipinski definition) is 0. The van der Waals surface area contributed by atoms with Gasteiger partial charge in [0.25, 0.3) is 0 Å². The second-order valence-electron chi connectivity index (χ2n) is 5.61. The number of hydrogen-bond acceptors (Lipinski definition) is 5. The van der Waals surface area contributed by atoms with Crippen LogP contribution in [0.25, 0.3) is 0 Å². The van der Waals surface area contributed by atoms with E-state index in [2.05, 4.69) is 0 Å². The monoisotopic (exact) mass is 357 g/mol. The molecule has 1 atom stereocenters. The zero-order chi connectivity index (χ0) is 18.9. The quantitative estimate of drug-likeness (QED) is 0.510. The highest BCUT2D eigenvalue weighted by Gasteiger charge is 2.16. The molecule has 2 aromatic carbocycles. The van der Waals surface area contributed by atoms with Gasteiger partial charge in [0.05, 0.1) is 18.2 Å². The molecule has 0 N–H and O–H groups in total. The Hall–Kier alpha value is -3.07. The molecule has 2 rings (SSSR count). The van der Waals surface area contributed by atoms with E-state index in [1.165, 1.54) is 12.1 Å². The molecule has 0 aliphatic rings. The van der Waals surface area contributed by atoms with E-state index in [4.69, 9.17) is 19.5 Å². The van der Waals surface area contributed by atoms with Gasteiger partial charge in [-0.1, -0.05) is 13.3 Å². The molecule has 0 fully saturated rings. The number of esters is 1. The van der Waals surface area contributed by atoms with Gasteiger partial charge in [0.1, 0.15) is 11.5 Å². The average molecular weight is 357 g/mol. The fourth-order valence-electron chi connectivity index (χ4n) is 2.05. The lowest BCUT2D eigenvalue weighted by atomic mass is 10.2. The second kappa shape index (κ2) is 9.42. The molecule has 0 amide bonds. The first-order valence-corrected chi connectivity index (χ1v) is 8.34. The molecule has 0 unspecified atom stereocenters. The van der Waals surface area contributed by atoms with Crippen molar-refractivity contribution in [3.63, 3.8) is 0 Å². The molecular weight excluding hydrogens is 337 g/mol. The lowest BCUT2D eigenvalue weighted by Gasteiger charge is -2.14. The Morgan fingerprint density at radius 2 is 1.88 bits per heavy atom. The van der Waals surface area contributed by atoms with Gasteiger partial charge in [-0.25, -0.2) is 9.18 Å². The van der Waals surface area contributed by atoms with Gasteiger partial charge in [-0.05, 0) is 55.8 Å². The maximum atomic E-state index is 13.8. The Bertz CT molecular complexity index is 783. The molecule has 0 heterocycles. The number of unbranched alkanes of at least 4 members (excludes halogenated alkanes) is 1. The van der Waals surface area contributed by atoms with Crippen LogP contribution in [0.3, 0.4) is 0 Å². The van der Waals surface area contributed by atoms with Crippen molar-refractivity contribution in [1.82, 2.24) is 0 Å². The summed E-state index contributed by atoms with van der Waals surface area (Å²) in [7, 11) is 0. The molecule has 26 heavy (non-hydrogen) atoms. The number of rotatable bonds is 8. The molecule has 0 aliphatic carbocycles. The van der Waals surface area contributed by atoms with Crippen LogP contribution in [0.15, 0.2) is 42.5 Å². The highest BCUT2D eigenvalue weighted by atomic mass is 19.1. The summed E-state index contributed by atoms with van der Waals surface area (Å²) >= 11 is 0. The lowest BCUT2D eigenvalue weighted by Crippen LogP contribution is -2.26. The summed E-state index contributed by atoms with van der Waals surface area (Å²) in [6, 6.07) is 12.3. The topological polar surface area (TPSA) is 68.6 Å². The third-order valence-electron chi connectivity index (χ3n) is 3.50. The largest absolute Gasteiger partial charge is 0.479 e. The van der Waals surface area contributed by atoms with Gasteiger partial charge in [0.15, 0.2) is 17.7 Å². The highest BCUT2D eigenvalue weighted by Crippen LogP contribution is 2.27. The fourth-order valence-corrected chi connectivity index (χ4v) is 2.05. The predicted molar refractivity (Wildman–Crippen MR) is 93.6 cm³/mol. The minimum Gasteiger partial charge on any atom is -0.479 e. The van der Waals surface area contributed by atoms with Gasteiger partial charge < -0.3 is 14.2 Å². The molecule has 0 saturated heterocycles. The smallest absolute Gasteiger partial charge is 0.347 e. The number of nitrogens with zero attached hydrogens (tertiary/aromatic N) is 1. The minimum absolute atomic E-state index is 0.0190. The molecule has 0 radical (unpaired) electrons. The molecular formula is C20H20FNO4. The molecule has 0 aromatic heterocycles. The molecule has 0 spiro atoms. The third kappa shape index (κ3) is 5.49. The van der Waals surface area contributed by atoms with E-state index in [9.17, 15) is 9.18 Å². The van der Waals surface area contributed by atoms with E-state index < -0.39 is 17.9 Å². The molecule has 0 saturated carbocycles. The highest BCUT2D eigenvalue weighted by molar-refractivity contribution is 5.74. The Morgan fingerprint density at radius 1 is 1.19 bits per heavy atom. The summed E-state index contributed by atoms with van der Waals surface area (Å²) in [4.78, 5) is 11.8. The van der Waals surface area contributed by atoms with Gasteiger partial charge in [-0.15, -0.1) is 0 Å². The molecule has 2 aromatic rings. The Morgan fingerprint density at radius 3 is 2.50 bits per heavy atom. The number of halogens is 1. The summed E-state index contributed by atoms with van der Waals surface area (Å²) in [6.45, 7) is 4.01. The summed E-state index contributed by atoms with van der Waals surface area (Å²) in [5, 5.41) is 8.74. The molecule has 6 heteroatoms. The van der Waals surface area contributed by atoms with Gasteiger partial charge in [-0.3, -0.25) is 0 Å². The van der Waals surface area contributed by atoms with E-state index >= 15 is 0 Å². The minimum atomic E-state index is -0.727. The van der Waals surface area contributed by atoms with E-state index in [1.54, 1.807) is 31.2 Å². The first-order chi connectivity index (χ1) is 12.5. The van der Waals surface area contributed by atoms with Gasteiger partial charge in [0, 0.05) is 0 Å². The van der Waals surface area contributed by atoms with Crippen LogP contribution in [0, 0.1) is 17.1 Å². The Kier molecular flexibility index (Phi) is 6.98. The first kappa shape index (κ1) is 19.3. The van der Waals surface area contributed by atoms with Crippen molar-refractivity contribution >= 4 is 5.97 Å². The van der Waals surface area contributed by atoms with Crippen LogP contribution in [-0.4, -0.2) is 18.7 Å². The van der Waals surface area contributed by atoms with Crippen LogP contribution < -0.4 is 9.47 Å². The van der Waals surface area contributed by atoms with Gasteiger partial charge in [-0.2, -0.15) is 5.26 Å². The number of carbonyl (C=O) groups excluding carboxylic acids is 1. The third-order valence-corrected chi connectivity index (χ3v) is 3.50. The standard InChI is InChI=1S/C20H20FNO4/c1-3-4-11-24-20(23)14(2)25-16-6-8-17(9-7-16)26-19-10-5-15(13-22)12-18(19)21/h5-10,12,14H,3-4,11H2,1-2H3/t14-/m0/s1. The second-order valence-corrected chi connectivity index (χ2v) is 5.61. The zero-order valence-corrected chi connectivity index (χ0v) is 14.7. The van der Waals surface area contributed by atoms with Crippen LogP contribution in [0.4, 0.5) is 4.39 Å². The Balaban J connectivity index is 1.94. The zero-order valence-electron chi connectivity index (χ0n) is 14.7. The van der Waals surface area contributed by atoms with Crippen LogP contribution in [0.1, 0.15) is 32.3 Å². The number of ether oxygens (including phenoxy) is 3. The van der Waals surface area contributed by atoms with Crippen molar-refractivity contribution in [3.05, 3.63) is 53.8 Å². The van der Waals surface area contributed by atoms with E-state index in [-0.39, 0.29) is 11.3 Å². The van der Waals surface area contributed by atoms with Crippen molar-refractivity contribution in [1.29, 1.82) is 5.26 Å². The normalized spacial score (nSPS) is 11.3. The summed E-state index contributed by atoms with van der Waals surface area (Å²) in [6.07, 6.45) is 1.04. The molecule has 0 aliphatic heterocycles. The Labute approximate surface area is 151 Å². The molecule has 136 valence electrons. The maximum absolute atomic E-state index is 13.8. The van der Waals surface area contributed by atoms with Gasteiger partial charge in [0.2, 0.25) is 0 Å². The molecule has 0 bridgehead atoms. The van der Waals surface area contributed by atoms with Crippen LogP contribution in [0.2, 0.25) is 0 Å². The first-order valence-electron chi connectivity index (χ1n) is 8.34. The van der Waals surface area contributed by atoms with Gasteiger partial charge >= 0.3 is 5.97 Å². The summed E-state index contributed by atoms with van der Waals surface area (Å²) in [5.41, 5.74) is 0.221. The van der Waals surface area contributed by atoms with E-state index in [0.717, 1.165) is 18.9 Å². The maximum Gasteiger partial charge on any atom is 0.347 e. The SMILES string of the molecule is CCCCOC(=O)[C@H](C)Oc1ccc(Oc2ccc(C#N)cc2F)cc1. The number of carbonyl (C=O) groups is 1. The van der Waals surface area contributed by atoms with Crippen LogP contribution in [-0.2, 0) is 9.53 Å². The van der Waals surface area contributed by atoms with E-state index in [0.29, 0.717) is 18.1 Å². The summed E-state index contributed by atoms with van der Waals surface area (Å²) < 4.78 is 29.9. The lowest BCUT2D eigenvalue weighted by molar-refractivity contribution is -0.151. The fraction of sp³-hybridized carbons (Fsp3) is 0.300. The van der Waals surface area contributed by atoms with E-state index in [1.807, 2.05) is 13.0 Å². The van der Waals surface area contributed by atoms with Crippen molar-refractivity contribution < 1.29 is 23.4 Å². The average Bonchev–Trinajstić information content (AvgIpc) is 2.65. The molecule has 5 nitrogen and oxygen atoms in total. The van der Waals surface area contributed by atoms with Crippen molar-refractivity contribution in [2.24, 2.45) is 0 Å². The van der Waals surface area contributed by atoms with Crippen LogP contribution in [0.5, 0.6) is 17.2 Å². The van der Waals surface area contributed by atoms with Crippen molar-refractivity contribution in [2.75, 3.05) is 6.61 Å². The number of nitriles is 1. The summed E-state index contributed by atoms with van der Waals surface area (Å²) in [5.74, 6) is -0.145. The van der Waals surface area contributed by atoms with Crippen molar-refractivity contribution in [2.45, 2.75) is 32.8 Å². The van der Waals surface area contributed by atoms with Crippen molar-refractivity contribution in [3.8, 4) is 23.3 Å². The van der Waals surface area contributed by atoms with Crippen LogP contribution >= 0.6 is 0 Å².